The molecule has 0 spiro atoms. The molecule has 0 radical (unpaired) electrons. The van der Waals surface area contributed by atoms with Gasteiger partial charge in [-0.1, -0.05) is 25.1 Å². The molecule has 1 rings (SSSR count). The Labute approximate surface area is 146 Å². The van der Waals surface area contributed by atoms with Gasteiger partial charge in [-0.2, -0.15) is 0 Å². The Morgan fingerprint density at radius 3 is 2.62 bits per heavy atom. The molecule has 132 valence electrons. The maximum absolute atomic E-state index is 13.2. The van der Waals surface area contributed by atoms with Crippen LogP contribution in [0.3, 0.4) is 0 Å². The highest BCUT2D eigenvalue weighted by Crippen LogP contribution is 2.08. The number of carbonyl (C=O) groups excluding carboxylic acids is 1. The van der Waals surface area contributed by atoms with Gasteiger partial charge in [0.1, 0.15) is 17.7 Å². The zero-order valence-electron chi connectivity index (χ0n) is 13.8. The second kappa shape index (κ2) is 10.9. The normalized spacial score (nSPS) is 14.6. The van der Waals surface area contributed by atoms with E-state index in [1.165, 1.54) is 30.4 Å². The molecule has 0 saturated carbocycles. The summed E-state index contributed by atoms with van der Waals surface area (Å²) in [5, 5.41) is 2.75. The zero-order chi connectivity index (χ0) is 17.9. The van der Waals surface area contributed by atoms with Crippen LogP contribution in [0.15, 0.2) is 48.3 Å². The molecule has 0 heterocycles. The van der Waals surface area contributed by atoms with E-state index in [-0.39, 0.29) is 24.1 Å². The first-order chi connectivity index (χ1) is 11.5. The maximum Gasteiger partial charge on any atom is 0.249 e. The van der Waals surface area contributed by atoms with Crippen LogP contribution in [0, 0.1) is 5.82 Å². The van der Waals surface area contributed by atoms with E-state index in [1.807, 2.05) is 6.92 Å². The molecule has 0 aliphatic heterocycles. The summed E-state index contributed by atoms with van der Waals surface area (Å²) >= 11 is 5.40. The average Bonchev–Trinajstić information content (AvgIpc) is 2.57. The molecule has 6 heteroatoms. The van der Waals surface area contributed by atoms with Crippen LogP contribution in [-0.2, 0) is 16.1 Å². The first-order valence-corrected chi connectivity index (χ1v) is 8.27. The number of amides is 1. The molecule has 1 amide bonds. The zero-order valence-corrected chi connectivity index (χ0v) is 14.5. The standard InChI is InChI=1S/C18H22ClF2NO2/c1-3-17(24-13(2)4-7-16(21)10-11-19)18(23)22-12-14-5-8-15(20)9-6-14/h4-10,13,17H,3,11-12H2,1-2H3,(H,22,23)/b7-4-,16-10+. The van der Waals surface area contributed by atoms with Gasteiger partial charge in [0.15, 0.2) is 0 Å². The number of halogens is 3. The number of rotatable bonds is 9. The predicted molar refractivity (Wildman–Crippen MR) is 91.9 cm³/mol. The van der Waals surface area contributed by atoms with Gasteiger partial charge in [-0.05, 0) is 43.2 Å². The Morgan fingerprint density at radius 2 is 2.04 bits per heavy atom. The molecule has 1 N–H and O–H groups in total. The Balaban J connectivity index is 2.50. The summed E-state index contributed by atoms with van der Waals surface area (Å²) in [5.74, 6) is -0.946. The lowest BCUT2D eigenvalue weighted by Crippen LogP contribution is -2.37. The highest BCUT2D eigenvalue weighted by Gasteiger charge is 2.18. The van der Waals surface area contributed by atoms with Gasteiger partial charge >= 0.3 is 0 Å². The maximum atomic E-state index is 13.2. The van der Waals surface area contributed by atoms with Crippen molar-refractivity contribution >= 4 is 17.5 Å². The lowest BCUT2D eigenvalue weighted by Gasteiger charge is -2.19. The fraction of sp³-hybridized carbons (Fsp3) is 0.389. The minimum atomic E-state index is -0.648. The molecular formula is C18H22ClF2NO2. The summed E-state index contributed by atoms with van der Waals surface area (Å²) in [6.07, 6.45) is 3.42. The first-order valence-electron chi connectivity index (χ1n) is 7.73. The van der Waals surface area contributed by atoms with Crippen molar-refractivity contribution in [1.29, 1.82) is 0 Å². The molecule has 0 aliphatic carbocycles. The molecule has 2 unspecified atom stereocenters. The Hall–Kier alpha value is -1.72. The number of carbonyl (C=O) groups is 1. The number of hydrogen-bond acceptors (Lipinski definition) is 2. The van der Waals surface area contributed by atoms with Crippen molar-refractivity contribution in [2.75, 3.05) is 5.88 Å². The Bertz CT molecular complexity index is 573. The first kappa shape index (κ1) is 20.3. The number of benzene rings is 1. The minimum Gasteiger partial charge on any atom is -0.361 e. The number of nitrogens with one attached hydrogen (secondary N) is 1. The van der Waals surface area contributed by atoms with Crippen molar-refractivity contribution < 1.29 is 18.3 Å². The molecule has 0 aromatic heterocycles. The van der Waals surface area contributed by atoms with Crippen LogP contribution < -0.4 is 5.32 Å². The quantitative estimate of drug-likeness (QED) is 0.529. The van der Waals surface area contributed by atoms with E-state index in [0.717, 1.165) is 5.56 Å². The Morgan fingerprint density at radius 1 is 1.38 bits per heavy atom. The monoisotopic (exact) mass is 357 g/mol. The van der Waals surface area contributed by atoms with Crippen LogP contribution in [0.4, 0.5) is 8.78 Å². The second-order valence-electron chi connectivity index (χ2n) is 5.18. The summed E-state index contributed by atoms with van der Waals surface area (Å²) < 4.78 is 31.7. The molecule has 0 aliphatic rings. The fourth-order valence-electron chi connectivity index (χ4n) is 1.92. The molecule has 0 saturated heterocycles. The number of hydrogen-bond donors (Lipinski definition) is 1. The molecule has 24 heavy (non-hydrogen) atoms. The van der Waals surface area contributed by atoms with Crippen LogP contribution in [0.5, 0.6) is 0 Å². The van der Waals surface area contributed by atoms with Gasteiger partial charge in [-0.15, -0.1) is 11.6 Å². The largest absolute Gasteiger partial charge is 0.361 e. The third-order valence-electron chi connectivity index (χ3n) is 3.22. The summed E-state index contributed by atoms with van der Waals surface area (Å²) in [6.45, 7) is 3.84. The molecule has 1 aromatic carbocycles. The van der Waals surface area contributed by atoms with Gasteiger partial charge < -0.3 is 10.1 Å². The highest BCUT2D eigenvalue weighted by molar-refractivity contribution is 6.18. The van der Waals surface area contributed by atoms with Crippen molar-refractivity contribution in [3.05, 3.63) is 59.7 Å². The molecule has 2 atom stereocenters. The smallest absolute Gasteiger partial charge is 0.249 e. The van der Waals surface area contributed by atoms with Crippen molar-refractivity contribution in [2.45, 2.75) is 39.0 Å². The van der Waals surface area contributed by atoms with Crippen molar-refractivity contribution in [1.82, 2.24) is 5.32 Å². The number of ether oxygens (including phenoxy) is 1. The van der Waals surface area contributed by atoms with Gasteiger partial charge in [0.05, 0.1) is 6.10 Å². The highest BCUT2D eigenvalue weighted by atomic mass is 35.5. The van der Waals surface area contributed by atoms with Gasteiger partial charge in [0.25, 0.3) is 0 Å². The number of alkyl halides is 1. The van der Waals surface area contributed by atoms with Gasteiger partial charge in [-0.25, -0.2) is 8.78 Å². The summed E-state index contributed by atoms with van der Waals surface area (Å²) in [6, 6.07) is 5.89. The van der Waals surface area contributed by atoms with Crippen LogP contribution in [0.25, 0.3) is 0 Å². The van der Waals surface area contributed by atoms with E-state index >= 15 is 0 Å². The van der Waals surface area contributed by atoms with Crippen molar-refractivity contribution in [3.8, 4) is 0 Å². The van der Waals surface area contributed by atoms with Gasteiger partial charge in [0.2, 0.25) is 5.91 Å². The molecule has 1 aromatic rings. The van der Waals surface area contributed by atoms with E-state index < -0.39 is 18.0 Å². The predicted octanol–water partition coefficient (Wildman–Crippen LogP) is 4.27. The topological polar surface area (TPSA) is 38.3 Å². The second-order valence-corrected chi connectivity index (χ2v) is 5.49. The van der Waals surface area contributed by atoms with E-state index in [0.29, 0.717) is 6.42 Å². The lowest BCUT2D eigenvalue weighted by molar-refractivity contribution is -0.135. The third-order valence-corrected chi connectivity index (χ3v) is 3.38. The molecule has 0 bridgehead atoms. The van der Waals surface area contributed by atoms with E-state index in [2.05, 4.69) is 5.32 Å². The SMILES string of the molecule is CCC(OC(C)/C=C\C(F)=C/CCl)C(=O)NCc1ccc(F)cc1. The van der Waals surface area contributed by atoms with E-state index in [9.17, 15) is 13.6 Å². The average molecular weight is 358 g/mol. The molecule has 3 nitrogen and oxygen atoms in total. The summed E-state index contributed by atoms with van der Waals surface area (Å²) in [5.41, 5.74) is 0.792. The van der Waals surface area contributed by atoms with Crippen LogP contribution in [-0.4, -0.2) is 24.0 Å². The number of allylic oxidation sites excluding steroid dienone is 3. The summed E-state index contributed by atoms with van der Waals surface area (Å²) in [7, 11) is 0. The molecule has 0 fully saturated rings. The van der Waals surface area contributed by atoms with E-state index in [4.69, 9.17) is 16.3 Å². The minimum absolute atomic E-state index is 0.0921. The third kappa shape index (κ3) is 7.70. The van der Waals surface area contributed by atoms with Gasteiger partial charge in [-0.3, -0.25) is 4.79 Å². The van der Waals surface area contributed by atoms with E-state index in [1.54, 1.807) is 19.1 Å². The summed E-state index contributed by atoms with van der Waals surface area (Å²) in [4.78, 5) is 12.2. The lowest BCUT2D eigenvalue weighted by atomic mass is 10.2. The van der Waals surface area contributed by atoms with Crippen molar-refractivity contribution in [2.24, 2.45) is 0 Å². The molecular weight excluding hydrogens is 336 g/mol. The van der Waals surface area contributed by atoms with Gasteiger partial charge in [0, 0.05) is 12.4 Å². The Kier molecular flexibility index (Phi) is 9.27. The van der Waals surface area contributed by atoms with Crippen LogP contribution in [0.2, 0.25) is 0 Å². The van der Waals surface area contributed by atoms with Crippen LogP contribution in [0.1, 0.15) is 25.8 Å². The van der Waals surface area contributed by atoms with Crippen molar-refractivity contribution in [3.63, 3.8) is 0 Å². The fourth-order valence-corrected chi connectivity index (χ4v) is 2.07. The van der Waals surface area contributed by atoms with Crippen LogP contribution >= 0.6 is 11.6 Å².